The second-order valence-corrected chi connectivity index (χ2v) is 2.28. The minimum atomic E-state index is 0.858. The van der Waals surface area contributed by atoms with E-state index in [1.54, 1.807) is 12.5 Å². The normalized spacial score (nSPS) is 10.6. The van der Waals surface area contributed by atoms with Crippen LogP contribution in [0.3, 0.4) is 0 Å². The van der Waals surface area contributed by atoms with Crippen molar-refractivity contribution in [2.75, 3.05) is 0 Å². The quantitative estimate of drug-likeness (QED) is 0.597. The van der Waals surface area contributed by atoms with E-state index in [1.165, 1.54) is 0 Å². The molecule has 0 bridgehead atoms. The molecule has 0 aliphatic heterocycles. The van der Waals surface area contributed by atoms with E-state index in [9.17, 15) is 0 Å². The highest BCUT2D eigenvalue weighted by Crippen LogP contribution is 2.00. The highest BCUT2D eigenvalue weighted by Gasteiger charge is 1.99. The van der Waals surface area contributed by atoms with Gasteiger partial charge in [0.2, 0.25) is 0 Å². The molecule has 0 radical (unpaired) electrons. The molecule has 0 N–H and O–H groups in total. The maximum Gasteiger partial charge on any atom is 0.163 e. The Morgan fingerprint density at radius 1 is 1.45 bits per heavy atom. The third kappa shape index (κ3) is 0.869. The molecule has 11 heavy (non-hydrogen) atoms. The summed E-state index contributed by atoms with van der Waals surface area (Å²) in [6.07, 6.45) is 4.32. The van der Waals surface area contributed by atoms with Gasteiger partial charge in [-0.05, 0) is 0 Å². The highest BCUT2D eigenvalue weighted by atomic mass is 15.3. The smallest absolute Gasteiger partial charge is 0.163 e. The van der Waals surface area contributed by atoms with Crippen LogP contribution in [0.2, 0.25) is 0 Å². The SMILES string of the molecule is CCc1nnc2ccncn12. The van der Waals surface area contributed by atoms with E-state index in [0.29, 0.717) is 0 Å². The first-order valence-corrected chi connectivity index (χ1v) is 3.55. The topological polar surface area (TPSA) is 43.1 Å². The van der Waals surface area contributed by atoms with E-state index in [2.05, 4.69) is 15.2 Å². The van der Waals surface area contributed by atoms with Crippen molar-refractivity contribution in [3.63, 3.8) is 0 Å². The van der Waals surface area contributed by atoms with Gasteiger partial charge in [-0.2, -0.15) is 0 Å². The second-order valence-electron chi connectivity index (χ2n) is 2.28. The number of rotatable bonds is 1. The van der Waals surface area contributed by atoms with Gasteiger partial charge in [0.25, 0.3) is 0 Å². The van der Waals surface area contributed by atoms with Crippen molar-refractivity contribution in [2.45, 2.75) is 13.3 Å². The summed E-state index contributed by atoms with van der Waals surface area (Å²) in [5, 5.41) is 7.95. The minimum absolute atomic E-state index is 0.858. The fraction of sp³-hybridized carbons (Fsp3) is 0.286. The summed E-state index contributed by atoms with van der Waals surface area (Å²) in [6.45, 7) is 2.05. The lowest BCUT2D eigenvalue weighted by Gasteiger charge is -1.91. The maximum absolute atomic E-state index is 3.99. The first-order chi connectivity index (χ1) is 5.42. The Bertz CT molecular complexity index is 365. The average molecular weight is 148 g/mol. The van der Waals surface area contributed by atoms with Crippen LogP contribution in [-0.4, -0.2) is 19.6 Å². The molecule has 0 atom stereocenters. The standard InChI is InChI=1S/C7H8N4/c1-2-6-9-10-7-3-4-8-5-11(6)7/h3-5H,2H2,1H3. The summed E-state index contributed by atoms with van der Waals surface area (Å²) < 4.78 is 1.89. The fourth-order valence-corrected chi connectivity index (χ4v) is 1.03. The Hall–Kier alpha value is -1.45. The van der Waals surface area contributed by atoms with E-state index < -0.39 is 0 Å². The predicted molar refractivity (Wildman–Crippen MR) is 40.2 cm³/mol. The number of aryl methyl sites for hydroxylation is 1. The van der Waals surface area contributed by atoms with E-state index in [4.69, 9.17) is 0 Å². The van der Waals surface area contributed by atoms with Gasteiger partial charge in [-0.15, -0.1) is 10.2 Å². The largest absolute Gasteiger partial charge is 0.269 e. The fourth-order valence-electron chi connectivity index (χ4n) is 1.03. The van der Waals surface area contributed by atoms with Crippen LogP contribution in [0.1, 0.15) is 12.7 Å². The molecule has 2 aromatic rings. The molecule has 0 saturated carbocycles. The molecule has 0 aliphatic carbocycles. The van der Waals surface area contributed by atoms with Crippen LogP contribution < -0.4 is 0 Å². The summed E-state index contributed by atoms with van der Waals surface area (Å²) in [5.74, 6) is 0.952. The van der Waals surface area contributed by atoms with E-state index >= 15 is 0 Å². The average Bonchev–Trinajstić information content (AvgIpc) is 2.47. The van der Waals surface area contributed by atoms with Gasteiger partial charge < -0.3 is 0 Å². The van der Waals surface area contributed by atoms with Crippen molar-refractivity contribution in [1.82, 2.24) is 19.6 Å². The Balaban J connectivity index is 2.76. The summed E-state index contributed by atoms with van der Waals surface area (Å²) in [7, 11) is 0. The van der Waals surface area contributed by atoms with Crippen LogP contribution in [0.25, 0.3) is 5.65 Å². The van der Waals surface area contributed by atoms with Crippen LogP contribution in [0.15, 0.2) is 18.6 Å². The van der Waals surface area contributed by atoms with Crippen molar-refractivity contribution in [1.29, 1.82) is 0 Å². The van der Waals surface area contributed by atoms with Gasteiger partial charge in [0, 0.05) is 18.7 Å². The van der Waals surface area contributed by atoms with Crippen LogP contribution in [0.5, 0.6) is 0 Å². The summed E-state index contributed by atoms with van der Waals surface area (Å²) in [5.41, 5.74) is 0.858. The monoisotopic (exact) mass is 148 g/mol. The van der Waals surface area contributed by atoms with Crippen molar-refractivity contribution in [3.05, 3.63) is 24.4 Å². The Morgan fingerprint density at radius 2 is 2.36 bits per heavy atom. The van der Waals surface area contributed by atoms with Crippen molar-refractivity contribution < 1.29 is 0 Å². The summed E-state index contributed by atoms with van der Waals surface area (Å²) in [4.78, 5) is 3.98. The first kappa shape index (κ1) is 6.27. The molecule has 0 aromatic carbocycles. The van der Waals surface area contributed by atoms with Gasteiger partial charge >= 0.3 is 0 Å². The number of aromatic nitrogens is 4. The lowest BCUT2D eigenvalue weighted by atomic mass is 10.4. The van der Waals surface area contributed by atoms with Gasteiger partial charge in [-0.3, -0.25) is 4.40 Å². The summed E-state index contributed by atoms with van der Waals surface area (Å²) in [6, 6.07) is 1.84. The number of nitrogens with zero attached hydrogens (tertiary/aromatic N) is 4. The van der Waals surface area contributed by atoms with Crippen LogP contribution >= 0.6 is 0 Å². The molecule has 0 amide bonds. The molecule has 0 unspecified atom stereocenters. The zero-order valence-electron chi connectivity index (χ0n) is 6.23. The molecule has 0 aliphatic rings. The van der Waals surface area contributed by atoms with Crippen LogP contribution in [0, 0.1) is 0 Å². The molecular formula is C7H8N4. The Morgan fingerprint density at radius 3 is 3.18 bits per heavy atom. The number of hydrogen-bond donors (Lipinski definition) is 0. The molecule has 0 fully saturated rings. The predicted octanol–water partition coefficient (Wildman–Crippen LogP) is 0.687. The number of fused-ring (bicyclic) bond motifs is 1. The molecule has 56 valence electrons. The third-order valence-electron chi connectivity index (χ3n) is 1.60. The molecule has 4 nitrogen and oxygen atoms in total. The molecule has 2 rings (SSSR count). The Labute approximate surface area is 63.9 Å². The highest BCUT2D eigenvalue weighted by molar-refractivity contribution is 5.35. The molecule has 0 saturated heterocycles. The maximum atomic E-state index is 3.99. The van der Waals surface area contributed by atoms with Crippen molar-refractivity contribution in [3.8, 4) is 0 Å². The van der Waals surface area contributed by atoms with Crippen molar-refractivity contribution >= 4 is 5.65 Å². The number of hydrogen-bond acceptors (Lipinski definition) is 3. The minimum Gasteiger partial charge on any atom is -0.269 e. The van der Waals surface area contributed by atoms with E-state index in [0.717, 1.165) is 17.9 Å². The van der Waals surface area contributed by atoms with Gasteiger partial charge in [0.05, 0.1) is 0 Å². The van der Waals surface area contributed by atoms with Gasteiger partial charge in [-0.1, -0.05) is 6.92 Å². The van der Waals surface area contributed by atoms with E-state index in [1.807, 2.05) is 17.4 Å². The third-order valence-corrected chi connectivity index (χ3v) is 1.60. The zero-order valence-corrected chi connectivity index (χ0v) is 6.23. The Kier molecular flexibility index (Phi) is 1.31. The van der Waals surface area contributed by atoms with Gasteiger partial charge in [-0.25, -0.2) is 4.98 Å². The molecule has 0 spiro atoms. The molecule has 4 heteroatoms. The second kappa shape index (κ2) is 2.30. The molecule has 2 aromatic heterocycles. The first-order valence-electron chi connectivity index (χ1n) is 3.55. The summed E-state index contributed by atoms with van der Waals surface area (Å²) >= 11 is 0. The van der Waals surface area contributed by atoms with Crippen molar-refractivity contribution in [2.24, 2.45) is 0 Å². The van der Waals surface area contributed by atoms with Crippen LogP contribution in [0.4, 0.5) is 0 Å². The van der Waals surface area contributed by atoms with Gasteiger partial charge in [0.15, 0.2) is 5.65 Å². The zero-order chi connectivity index (χ0) is 7.68. The lowest BCUT2D eigenvalue weighted by molar-refractivity contribution is 0.896. The van der Waals surface area contributed by atoms with Crippen LogP contribution in [-0.2, 0) is 6.42 Å². The lowest BCUT2D eigenvalue weighted by Crippen LogP contribution is -1.91. The van der Waals surface area contributed by atoms with E-state index in [-0.39, 0.29) is 0 Å². The molecular weight excluding hydrogens is 140 g/mol. The van der Waals surface area contributed by atoms with Gasteiger partial charge in [0.1, 0.15) is 12.2 Å². The molecule has 2 heterocycles.